The molecule has 0 saturated heterocycles. The molecule has 4 nitrogen and oxygen atoms in total. The van der Waals surface area contributed by atoms with Crippen LogP contribution >= 0.6 is 0 Å². The highest BCUT2D eigenvalue weighted by atomic mass is 32.2. The molecule has 0 spiro atoms. The molecule has 0 amide bonds. The fraction of sp³-hybridized carbons (Fsp3) is 0.538. The van der Waals surface area contributed by atoms with E-state index in [1.807, 2.05) is 0 Å². The fourth-order valence-corrected chi connectivity index (χ4v) is 2.63. The lowest BCUT2D eigenvalue weighted by Gasteiger charge is -2.23. The molecule has 1 aromatic rings. The van der Waals surface area contributed by atoms with E-state index >= 15 is 0 Å². The third kappa shape index (κ3) is 3.99. The second-order valence-corrected chi connectivity index (χ2v) is 6.14. The van der Waals surface area contributed by atoms with Gasteiger partial charge in [0.1, 0.15) is 0 Å². The lowest BCUT2D eigenvalue weighted by Crippen LogP contribution is -2.25. The molecule has 1 aromatic carbocycles. The number of hydrogen-bond donors (Lipinski definition) is 2. The van der Waals surface area contributed by atoms with E-state index in [0.29, 0.717) is 12.0 Å². The lowest BCUT2D eigenvalue weighted by atomic mass is 9.95. The molecule has 0 aliphatic heterocycles. The normalized spacial score (nSPS) is 13.6. The Hall–Kier alpha value is -1.07. The van der Waals surface area contributed by atoms with Crippen LogP contribution in [0.5, 0.6) is 0 Å². The van der Waals surface area contributed by atoms with Crippen molar-refractivity contribution in [3.05, 3.63) is 24.3 Å². The molecule has 1 unspecified atom stereocenters. The van der Waals surface area contributed by atoms with Gasteiger partial charge in [-0.05, 0) is 37.1 Å². The predicted octanol–water partition coefficient (Wildman–Crippen LogP) is 2.57. The highest BCUT2D eigenvalue weighted by Gasteiger charge is 2.13. The Bertz CT molecular complexity index is 464. The van der Waals surface area contributed by atoms with Crippen molar-refractivity contribution in [1.29, 1.82) is 0 Å². The molecule has 0 radical (unpaired) electrons. The van der Waals surface area contributed by atoms with E-state index in [4.69, 9.17) is 5.14 Å². The molecule has 0 bridgehead atoms. The van der Waals surface area contributed by atoms with Crippen LogP contribution in [0.25, 0.3) is 0 Å². The standard InChI is InChI=1S/C13H22N2O2S/c1-4-11(5-2)10(3)15-12-6-8-13(9-7-12)18(14,16)17/h6-11,15H,4-5H2,1-3H3,(H2,14,16,17). The number of nitrogens with two attached hydrogens (primary N) is 1. The van der Waals surface area contributed by atoms with Crippen molar-refractivity contribution in [2.24, 2.45) is 11.1 Å². The number of rotatable bonds is 6. The summed E-state index contributed by atoms with van der Waals surface area (Å²) in [5, 5.41) is 8.44. The summed E-state index contributed by atoms with van der Waals surface area (Å²) in [7, 11) is -3.60. The van der Waals surface area contributed by atoms with Gasteiger partial charge in [0.25, 0.3) is 0 Å². The van der Waals surface area contributed by atoms with Gasteiger partial charge in [-0.2, -0.15) is 0 Å². The van der Waals surface area contributed by atoms with Crippen molar-refractivity contribution in [2.45, 2.75) is 44.6 Å². The van der Waals surface area contributed by atoms with Crippen LogP contribution in [0.3, 0.4) is 0 Å². The van der Waals surface area contributed by atoms with Crippen LogP contribution in [0.1, 0.15) is 33.6 Å². The predicted molar refractivity (Wildman–Crippen MR) is 75.0 cm³/mol. The van der Waals surface area contributed by atoms with Crippen molar-refractivity contribution < 1.29 is 8.42 Å². The van der Waals surface area contributed by atoms with E-state index in [9.17, 15) is 8.42 Å². The minimum atomic E-state index is -3.60. The zero-order valence-electron chi connectivity index (χ0n) is 11.2. The maximum Gasteiger partial charge on any atom is 0.238 e. The minimum absolute atomic E-state index is 0.142. The van der Waals surface area contributed by atoms with Crippen LogP contribution in [-0.2, 0) is 10.0 Å². The summed E-state index contributed by atoms with van der Waals surface area (Å²) in [6, 6.07) is 6.91. The van der Waals surface area contributed by atoms with Gasteiger partial charge in [0.05, 0.1) is 4.90 Å². The second-order valence-electron chi connectivity index (χ2n) is 4.58. The highest BCUT2D eigenvalue weighted by molar-refractivity contribution is 7.89. The first-order valence-electron chi connectivity index (χ1n) is 6.27. The zero-order chi connectivity index (χ0) is 13.8. The molecule has 102 valence electrons. The number of primary sulfonamides is 1. The summed E-state index contributed by atoms with van der Waals surface area (Å²) in [4.78, 5) is 0.142. The van der Waals surface area contributed by atoms with Crippen LogP contribution in [0.4, 0.5) is 5.69 Å². The van der Waals surface area contributed by atoms with E-state index in [0.717, 1.165) is 18.5 Å². The number of hydrogen-bond acceptors (Lipinski definition) is 3. The van der Waals surface area contributed by atoms with Crippen molar-refractivity contribution in [3.8, 4) is 0 Å². The number of benzene rings is 1. The van der Waals surface area contributed by atoms with Crippen LogP contribution in [-0.4, -0.2) is 14.5 Å². The summed E-state index contributed by atoms with van der Waals surface area (Å²) < 4.78 is 22.2. The van der Waals surface area contributed by atoms with Gasteiger partial charge in [0, 0.05) is 11.7 Å². The lowest BCUT2D eigenvalue weighted by molar-refractivity contribution is 0.438. The quantitative estimate of drug-likeness (QED) is 0.834. The molecule has 0 saturated carbocycles. The zero-order valence-corrected chi connectivity index (χ0v) is 12.0. The maximum atomic E-state index is 11.1. The average molecular weight is 270 g/mol. The molecule has 0 aliphatic rings. The van der Waals surface area contributed by atoms with Gasteiger partial charge in [0.2, 0.25) is 10.0 Å². The molecule has 5 heteroatoms. The second kappa shape index (κ2) is 6.20. The number of nitrogens with one attached hydrogen (secondary N) is 1. The van der Waals surface area contributed by atoms with Crippen molar-refractivity contribution >= 4 is 15.7 Å². The Morgan fingerprint density at radius 2 is 1.67 bits per heavy atom. The number of anilines is 1. The molecule has 18 heavy (non-hydrogen) atoms. The van der Waals surface area contributed by atoms with Gasteiger partial charge in [-0.1, -0.05) is 26.7 Å². The van der Waals surface area contributed by atoms with Crippen LogP contribution in [0.15, 0.2) is 29.2 Å². The molecule has 0 aromatic heterocycles. The van der Waals surface area contributed by atoms with E-state index < -0.39 is 10.0 Å². The molecule has 0 heterocycles. The van der Waals surface area contributed by atoms with Gasteiger partial charge in [0.15, 0.2) is 0 Å². The van der Waals surface area contributed by atoms with E-state index in [-0.39, 0.29) is 4.90 Å². The summed E-state index contributed by atoms with van der Waals surface area (Å²) in [5.74, 6) is 0.614. The molecule has 1 rings (SSSR count). The van der Waals surface area contributed by atoms with Crippen LogP contribution in [0, 0.1) is 5.92 Å². The van der Waals surface area contributed by atoms with Crippen molar-refractivity contribution in [2.75, 3.05) is 5.32 Å². The van der Waals surface area contributed by atoms with Crippen LogP contribution in [0.2, 0.25) is 0 Å². The summed E-state index contributed by atoms with van der Waals surface area (Å²) in [6.07, 6.45) is 2.25. The summed E-state index contributed by atoms with van der Waals surface area (Å²) in [5.41, 5.74) is 0.918. The smallest absolute Gasteiger partial charge is 0.238 e. The Morgan fingerprint density at radius 1 is 1.17 bits per heavy atom. The molecule has 1 atom stereocenters. The van der Waals surface area contributed by atoms with Crippen molar-refractivity contribution in [1.82, 2.24) is 0 Å². The topological polar surface area (TPSA) is 72.2 Å². The van der Waals surface area contributed by atoms with Gasteiger partial charge < -0.3 is 5.32 Å². The Labute approximate surface area is 110 Å². The Balaban J connectivity index is 2.75. The monoisotopic (exact) mass is 270 g/mol. The van der Waals surface area contributed by atoms with E-state index in [1.54, 1.807) is 12.1 Å². The summed E-state index contributed by atoms with van der Waals surface area (Å²) >= 11 is 0. The molecule has 3 N–H and O–H groups in total. The number of sulfonamides is 1. The average Bonchev–Trinajstić information content (AvgIpc) is 2.30. The first-order valence-corrected chi connectivity index (χ1v) is 7.82. The summed E-state index contributed by atoms with van der Waals surface area (Å²) in [6.45, 7) is 6.50. The largest absolute Gasteiger partial charge is 0.382 e. The van der Waals surface area contributed by atoms with Gasteiger partial charge in [-0.3, -0.25) is 0 Å². The van der Waals surface area contributed by atoms with Crippen LogP contribution < -0.4 is 10.5 Å². The maximum absolute atomic E-state index is 11.1. The first kappa shape index (κ1) is 15.0. The molecule has 0 aliphatic carbocycles. The minimum Gasteiger partial charge on any atom is -0.382 e. The SMILES string of the molecule is CCC(CC)C(C)Nc1ccc(S(N)(=O)=O)cc1. The Morgan fingerprint density at radius 3 is 2.06 bits per heavy atom. The third-order valence-electron chi connectivity index (χ3n) is 3.33. The van der Waals surface area contributed by atoms with E-state index in [1.165, 1.54) is 12.1 Å². The molecule has 0 fully saturated rings. The van der Waals surface area contributed by atoms with Gasteiger partial charge in [-0.15, -0.1) is 0 Å². The van der Waals surface area contributed by atoms with Gasteiger partial charge in [-0.25, -0.2) is 13.6 Å². The molecular formula is C13H22N2O2S. The third-order valence-corrected chi connectivity index (χ3v) is 4.26. The first-order chi connectivity index (χ1) is 8.38. The van der Waals surface area contributed by atoms with Gasteiger partial charge >= 0.3 is 0 Å². The van der Waals surface area contributed by atoms with E-state index in [2.05, 4.69) is 26.1 Å². The fourth-order valence-electron chi connectivity index (χ4n) is 2.12. The molecular weight excluding hydrogens is 248 g/mol. The van der Waals surface area contributed by atoms with Crippen molar-refractivity contribution in [3.63, 3.8) is 0 Å². The highest BCUT2D eigenvalue weighted by Crippen LogP contribution is 2.19. The Kier molecular flexibility index (Phi) is 5.16.